The number of nitrogens with zero attached hydrogens (tertiary/aromatic N) is 3. The molecule has 122 valence electrons. The number of methoxy groups -OCH3 is 2. The van der Waals surface area contributed by atoms with Gasteiger partial charge in [-0.3, -0.25) is 0 Å². The normalized spacial score (nSPS) is 16.9. The number of ether oxygens (including phenoxy) is 2. The predicted molar refractivity (Wildman–Crippen MR) is 86.9 cm³/mol. The first-order valence-electron chi connectivity index (χ1n) is 7.64. The molecule has 6 heteroatoms. The molecule has 0 amide bonds. The molecular weight excluding hydrogens is 294 g/mol. The predicted octanol–water partition coefficient (Wildman–Crippen LogP) is 1.98. The number of hydrogen-bond donors (Lipinski definition) is 1. The molecule has 0 atom stereocenters. The van der Waals surface area contributed by atoms with Gasteiger partial charge in [-0.15, -0.1) is 0 Å². The molecule has 1 N–H and O–H groups in total. The number of piperidine rings is 1. The molecule has 23 heavy (non-hydrogen) atoms. The van der Waals surface area contributed by atoms with Gasteiger partial charge in [-0.2, -0.15) is 9.97 Å². The summed E-state index contributed by atoms with van der Waals surface area (Å²) in [6.45, 7) is 1.41. The van der Waals surface area contributed by atoms with Crippen LogP contribution in [0.2, 0.25) is 0 Å². The number of rotatable bonds is 4. The van der Waals surface area contributed by atoms with Crippen molar-refractivity contribution in [2.75, 3.05) is 32.2 Å². The maximum Gasteiger partial charge on any atom is 0.321 e. The van der Waals surface area contributed by atoms with Gasteiger partial charge in [0.25, 0.3) is 0 Å². The summed E-state index contributed by atoms with van der Waals surface area (Å²) in [5.74, 6) is 1.22. The van der Waals surface area contributed by atoms with E-state index in [0.29, 0.717) is 31.8 Å². The monoisotopic (exact) mass is 315 g/mol. The minimum absolute atomic E-state index is 0.281. The van der Waals surface area contributed by atoms with E-state index < -0.39 is 5.60 Å². The molecule has 1 saturated heterocycles. The molecule has 1 aliphatic rings. The molecule has 2 heterocycles. The van der Waals surface area contributed by atoms with Crippen LogP contribution in [0.4, 0.5) is 5.82 Å². The SMILES string of the molecule is COc1cc(N2CCC(O)(c3ccccc3)CC2)nc(OC)n1. The van der Waals surface area contributed by atoms with Crippen molar-refractivity contribution in [3.63, 3.8) is 0 Å². The summed E-state index contributed by atoms with van der Waals surface area (Å²) in [5.41, 5.74) is 0.191. The highest BCUT2D eigenvalue weighted by Gasteiger charge is 2.34. The third-order valence-electron chi connectivity index (χ3n) is 4.29. The van der Waals surface area contributed by atoms with Gasteiger partial charge < -0.3 is 19.5 Å². The highest BCUT2D eigenvalue weighted by molar-refractivity contribution is 5.44. The standard InChI is InChI=1S/C17H21N3O3/c1-22-15-12-14(18-16(19-15)23-2)20-10-8-17(21,9-11-20)13-6-4-3-5-7-13/h3-7,12,21H,8-11H2,1-2H3. The first-order valence-corrected chi connectivity index (χ1v) is 7.64. The Morgan fingerprint density at radius 1 is 1.04 bits per heavy atom. The Morgan fingerprint density at radius 2 is 1.74 bits per heavy atom. The fourth-order valence-electron chi connectivity index (χ4n) is 2.89. The van der Waals surface area contributed by atoms with E-state index in [1.165, 1.54) is 7.11 Å². The van der Waals surface area contributed by atoms with Gasteiger partial charge >= 0.3 is 6.01 Å². The Labute approximate surface area is 135 Å². The molecule has 3 rings (SSSR count). The Bertz CT molecular complexity index is 633. The summed E-state index contributed by atoms with van der Waals surface area (Å²) in [7, 11) is 3.10. The van der Waals surface area contributed by atoms with Crippen molar-refractivity contribution in [1.82, 2.24) is 9.97 Å². The van der Waals surface area contributed by atoms with Gasteiger partial charge in [-0.1, -0.05) is 30.3 Å². The second kappa shape index (κ2) is 6.42. The van der Waals surface area contributed by atoms with Gasteiger partial charge in [0.05, 0.1) is 19.8 Å². The van der Waals surface area contributed by atoms with E-state index in [0.717, 1.165) is 11.4 Å². The van der Waals surface area contributed by atoms with Crippen molar-refractivity contribution in [2.45, 2.75) is 18.4 Å². The van der Waals surface area contributed by atoms with Gasteiger partial charge in [0.15, 0.2) is 0 Å². The maximum absolute atomic E-state index is 10.9. The summed E-state index contributed by atoms with van der Waals surface area (Å²) in [6, 6.07) is 11.9. The lowest BCUT2D eigenvalue weighted by Crippen LogP contribution is -2.43. The van der Waals surface area contributed by atoms with Crippen LogP contribution in [0.1, 0.15) is 18.4 Å². The fraction of sp³-hybridized carbons (Fsp3) is 0.412. The third-order valence-corrected chi connectivity index (χ3v) is 4.29. The quantitative estimate of drug-likeness (QED) is 0.930. The molecule has 0 saturated carbocycles. The van der Waals surface area contributed by atoms with Crippen molar-refractivity contribution < 1.29 is 14.6 Å². The average molecular weight is 315 g/mol. The smallest absolute Gasteiger partial charge is 0.321 e. The van der Waals surface area contributed by atoms with E-state index in [1.54, 1.807) is 13.2 Å². The minimum Gasteiger partial charge on any atom is -0.481 e. The second-order valence-electron chi connectivity index (χ2n) is 5.64. The van der Waals surface area contributed by atoms with Crippen LogP contribution in [0.5, 0.6) is 11.9 Å². The summed E-state index contributed by atoms with van der Waals surface area (Å²) in [5, 5.41) is 10.9. The van der Waals surface area contributed by atoms with Crippen LogP contribution in [0.15, 0.2) is 36.4 Å². The number of aliphatic hydroxyl groups is 1. The van der Waals surface area contributed by atoms with Crippen molar-refractivity contribution in [2.24, 2.45) is 0 Å². The summed E-state index contributed by atoms with van der Waals surface area (Å²) < 4.78 is 10.3. The molecule has 0 unspecified atom stereocenters. The van der Waals surface area contributed by atoms with Gasteiger partial charge in [0.1, 0.15) is 5.82 Å². The molecule has 6 nitrogen and oxygen atoms in total. The van der Waals surface area contributed by atoms with E-state index in [-0.39, 0.29) is 6.01 Å². The van der Waals surface area contributed by atoms with Crippen LogP contribution in [-0.2, 0) is 5.60 Å². The molecule has 0 bridgehead atoms. The maximum atomic E-state index is 10.9. The first kappa shape index (κ1) is 15.6. The van der Waals surface area contributed by atoms with Crippen LogP contribution in [0.3, 0.4) is 0 Å². The van der Waals surface area contributed by atoms with Crippen molar-refractivity contribution in [3.8, 4) is 11.9 Å². The summed E-state index contributed by atoms with van der Waals surface area (Å²) in [4.78, 5) is 10.6. The molecule has 1 aromatic carbocycles. The lowest BCUT2D eigenvalue weighted by atomic mass is 9.84. The van der Waals surface area contributed by atoms with Gasteiger partial charge in [-0.25, -0.2) is 0 Å². The van der Waals surface area contributed by atoms with E-state index >= 15 is 0 Å². The zero-order chi connectivity index (χ0) is 16.3. The molecule has 1 aromatic heterocycles. The van der Waals surface area contributed by atoms with Gasteiger partial charge in [0, 0.05) is 19.2 Å². The van der Waals surface area contributed by atoms with E-state index in [2.05, 4.69) is 14.9 Å². The van der Waals surface area contributed by atoms with Crippen molar-refractivity contribution in [3.05, 3.63) is 42.0 Å². The van der Waals surface area contributed by atoms with E-state index in [1.807, 2.05) is 30.3 Å². The van der Waals surface area contributed by atoms with E-state index in [9.17, 15) is 5.11 Å². The molecular formula is C17H21N3O3. The Morgan fingerprint density at radius 3 is 2.35 bits per heavy atom. The topological polar surface area (TPSA) is 67.7 Å². The summed E-state index contributed by atoms with van der Waals surface area (Å²) in [6.07, 6.45) is 1.29. The highest BCUT2D eigenvalue weighted by Crippen LogP contribution is 2.34. The molecule has 0 radical (unpaired) electrons. The highest BCUT2D eigenvalue weighted by atomic mass is 16.5. The fourth-order valence-corrected chi connectivity index (χ4v) is 2.89. The van der Waals surface area contributed by atoms with Gasteiger partial charge in [-0.05, 0) is 18.4 Å². The van der Waals surface area contributed by atoms with Crippen LogP contribution in [0.25, 0.3) is 0 Å². The van der Waals surface area contributed by atoms with Crippen LogP contribution >= 0.6 is 0 Å². The Hall–Kier alpha value is -2.34. The van der Waals surface area contributed by atoms with Crippen LogP contribution in [-0.4, -0.2) is 42.4 Å². The Kier molecular flexibility index (Phi) is 4.34. The number of benzene rings is 1. The minimum atomic E-state index is -0.779. The number of anilines is 1. The third kappa shape index (κ3) is 3.22. The van der Waals surface area contributed by atoms with Gasteiger partial charge in [0.2, 0.25) is 5.88 Å². The van der Waals surface area contributed by atoms with Crippen LogP contribution < -0.4 is 14.4 Å². The molecule has 0 aliphatic carbocycles. The lowest BCUT2D eigenvalue weighted by Gasteiger charge is -2.39. The molecule has 2 aromatic rings. The molecule has 1 aliphatic heterocycles. The van der Waals surface area contributed by atoms with Crippen molar-refractivity contribution in [1.29, 1.82) is 0 Å². The zero-order valence-electron chi connectivity index (χ0n) is 13.4. The average Bonchev–Trinajstić information content (AvgIpc) is 2.62. The number of hydrogen-bond acceptors (Lipinski definition) is 6. The van der Waals surface area contributed by atoms with E-state index in [4.69, 9.17) is 9.47 Å². The number of aromatic nitrogens is 2. The second-order valence-corrected chi connectivity index (χ2v) is 5.64. The molecule has 0 spiro atoms. The largest absolute Gasteiger partial charge is 0.481 e. The van der Waals surface area contributed by atoms with Crippen LogP contribution in [0, 0.1) is 0 Å². The first-order chi connectivity index (χ1) is 11.1. The molecule has 1 fully saturated rings. The zero-order valence-corrected chi connectivity index (χ0v) is 13.4. The Balaban J connectivity index is 1.76. The lowest BCUT2D eigenvalue weighted by molar-refractivity contribution is 0.0116. The summed E-state index contributed by atoms with van der Waals surface area (Å²) >= 11 is 0. The van der Waals surface area contributed by atoms with Crippen molar-refractivity contribution >= 4 is 5.82 Å².